The van der Waals surface area contributed by atoms with Gasteiger partial charge in [0.05, 0.1) is 10.7 Å². The Balaban J connectivity index is 1.88. The Morgan fingerprint density at radius 3 is 2.76 bits per heavy atom. The van der Waals surface area contributed by atoms with E-state index in [1.807, 2.05) is 0 Å². The van der Waals surface area contributed by atoms with Crippen molar-refractivity contribution in [2.24, 2.45) is 0 Å². The molecule has 6 heteroatoms. The molecule has 2 aromatic carbocycles. The largest absolute Gasteiger partial charge is 0.486 e. The number of halogens is 2. The maximum atomic E-state index is 13.5. The number of fused-ring (bicyclic) bond motifs is 1. The number of benzene rings is 2. The third kappa shape index (κ3) is 2.78. The molecule has 0 bridgehead atoms. The molecular formula is C15H11ClFNO3. The van der Waals surface area contributed by atoms with Gasteiger partial charge in [-0.05, 0) is 24.3 Å². The third-order valence-corrected chi connectivity index (χ3v) is 3.26. The molecule has 0 atom stereocenters. The summed E-state index contributed by atoms with van der Waals surface area (Å²) in [5.41, 5.74) is 0.376. The second-order valence-corrected chi connectivity index (χ2v) is 4.82. The predicted octanol–water partition coefficient (Wildman–Crippen LogP) is 3.50. The first-order valence-electron chi connectivity index (χ1n) is 6.30. The van der Waals surface area contributed by atoms with E-state index in [1.54, 1.807) is 12.1 Å². The highest BCUT2D eigenvalue weighted by Crippen LogP contribution is 2.38. The van der Waals surface area contributed by atoms with Gasteiger partial charge < -0.3 is 14.8 Å². The van der Waals surface area contributed by atoms with Crippen molar-refractivity contribution in [2.75, 3.05) is 18.5 Å². The number of hydrogen-bond donors (Lipinski definition) is 1. The number of carbonyl (C=O) groups excluding carboxylic acids is 1. The summed E-state index contributed by atoms with van der Waals surface area (Å²) in [4.78, 5) is 12.2. The van der Waals surface area contributed by atoms with Crippen molar-refractivity contribution in [3.8, 4) is 11.5 Å². The number of hydrogen-bond acceptors (Lipinski definition) is 3. The molecule has 0 unspecified atom stereocenters. The Kier molecular flexibility index (Phi) is 3.66. The smallest absolute Gasteiger partial charge is 0.255 e. The number of ether oxygens (including phenoxy) is 2. The Morgan fingerprint density at radius 1 is 1.19 bits per heavy atom. The number of anilines is 1. The Labute approximate surface area is 125 Å². The zero-order valence-corrected chi connectivity index (χ0v) is 11.6. The van der Waals surface area contributed by atoms with Crippen molar-refractivity contribution in [3.05, 3.63) is 52.8 Å². The van der Waals surface area contributed by atoms with E-state index in [1.165, 1.54) is 24.3 Å². The molecule has 1 aliphatic heterocycles. The maximum Gasteiger partial charge on any atom is 0.255 e. The van der Waals surface area contributed by atoms with Gasteiger partial charge in [0.15, 0.2) is 11.5 Å². The molecule has 108 valence electrons. The molecule has 1 N–H and O–H groups in total. The molecule has 0 saturated heterocycles. The van der Waals surface area contributed by atoms with Gasteiger partial charge in [0, 0.05) is 5.56 Å². The number of rotatable bonds is 2. The first-order chi connectivity index (χ1) is 10.1. The van der Waals surface area contributed by atoms with Crippen molar-refractivity contribution < 1.29 is 18.7 Å². The first kappa shape index (κ1) is 13.7. The highest BCUT2D eigenvalue weighted by Gasteiger charge is 2.19. The van der Waals surface area contributed by atoms with Crippen LogP contribution in [0.25, 0.3) is 0 Å². The van der Waals surface area contributed by atoms with Gasteiger partial charge in [-0.1, -0.05) is 23.7 Å². The van der Waals surface area contributed by atoms with E-state index in [9.17, 15) is 9.18 Å². The fourth-order valence-electron chi connectivity index (χ4n) is 2.00. The molecule has 0 fully saturated rings. The van der Waals surface area contributed by atoms with Gasteiger partial charge in [0.25, 0.3) is 5.91 Å². The first-order valence-corrected chi connectivity index (χ1v) is 6.68. The summed E-state index contributed by atoms with van der Waals surface area (Å²) in [5.74, 6) is -0.147. The topological polar surface area (TPSA) is 47.6 Å². The highest BCUT2D eigenvalue weighted by atomic mass is 35.5. The zero-order valence-electron chi connectivity index (χ0n) is 10.9. The molecular weight excluding hydrogens is 297 g/mol. The van der Waals surface area contributed by atoms with Crippen molar-refractivity contribution in [3.63, 3.8) is 0 Å². The minimum atomic E-state index is -0.505. The average Bonchev–Trinajstić information content (AvgIpc) is 2.49. The van der Waals surface area contributed by atoms with Crippen LogP contribution < -0.4 is 14.8 Å². The van der Waals surface area contributed by atoms with Crippen molar-refractivity contribution in [1.82, 2.24) is 0 Å². The summed E-state index contributed by atoms with van der Waals surface area (Å²) in [6, 6.07) is 8.92. The third-order valence-electron chi connectivity index (χ3n) is 2.98. The van der Waals surface area contributed by atoms with Crippen LogP contribution in [0.1, 0.15) is 10.4 Å². The lowest BCUT2D eigenvalue weighted by molar-refractivity contribution is 0.102. The molecule has 1 aliphatic rings. The summed E-state index contributed by atoms with van der Waals surface area (Å²) < 4.78 is 24.3. The normalized spacial score (nSPS) is 12.9. The summed E-state index contributed by atoms with van der Waals surface area (Å²) >= 11 is 6.07. The van der Waals surface area contributed by atoms with Gasteiger partial charge in [-0.3, -0.25) is 4.79 Å². The molecule has 21 heavy (non-hydrogen) atoms. The van der Waals surface area contributed by atoms with E-state index in [-0.39, 0.29) is 16.3 Å². The van der Waals surface area contributed by atoms with Crippen molar-refractivity contribution in [1.29, 1.82) is 0 Å². The predicted molar refractivity (Wildman–Crippen MR) is 76.8 cm³/mol. The van der Waals surface area contributed by atoms with Gasteiger partial charge in [0.2, 0.25) is 0 Å². The number of nitrogens with one attached hydrogen (secondary N) is 1. The summed E-state index contributed by atoms with van der Waals surface area (Å²) in [7, 11) is 0. The van der Waals surface area contributed by atoms with Crippen LogP contribution in [0.4, 0.5) is 10.1 Å². The van der Waals surface area contributed by atoms with Crippen LogP contribution in [0.15, 0.2) is 36.4 Å². The van der Waals surface area contributed by atoms with Gasteiger partial charge in [-0.2, -0.15) is 0 Å². The average molecular weight is 308 g/mol. The number of carbonyl (C=O) groups is 1. The van der Waals surface area contributed by atoms with E-state index in [0.29, 0.717) is 24.7 Å². The molecule has 3 rings (SSSR count). The monoisotopic (exact) mass is 307 g/mol. The Morgan fingerprint density at radius 2 is 1.95 bits per heavy atom. The quantitative estimate of drug-likeness (QED) is 0.923. The number of para-hydroxylation sites is 1. The summed E-state index contributed by atoms with van der Waals surface area (Å²) in [5, 5.41) is 2.77. The zero-order chi connectivity index (χ0) is 14.8. The maximum absolute atomic E-state index is 13.5. The lowest BCUT2D eigenvalue weighted by atomic mass is 10.1. The van der Waals surface area contributed by atoms with Gasteiger partial charge in [-0.15, -0.1) is 0 Å². The van der Waals surface area contributed by atoms with Crippen LogP contribution in [0.5, 0.6) is 11.5 Å². The SMILES string of the molecule is O=C(Nc1ccccc1F)c1cc(Cl)c2c(c1)OCCO2. The second kappa shape index (κ2) is 5.61. The molecule has 0 aromatic heterocycles. The van der Waals surface area contributed by atoms with E-state index >= 15 is 0 Å². The van der Waals surface area contributed by atoms with E-state index in [0.717, 1.165) is 0 Å². The molecule has 2 aromatic rings. The van der Waals surface area contributed by atoms with Gasteiger partial charge in [0.1, 0.15) is 19.0 Å². The molecule has 1 amide bonds. The fourth-order valence-corrected chi connectivity index (χ4v) is 2.26. The van der Waals surface area contributed by atoms with Crippen LogP contribution in [-0.4, -0.2) is 19.1 Å². The van der Waals surface area contributed by atoms with Gasteiger partial charge >= 0.3 is 0 Å². The minimum absolute atomic E-state index is 0.105. The molecule has 4 nitrogen and oxygen atoms in total. The second-order valence-electron chi connectivity index (χ2n) is 4.42. The summed E-state index contributed by atoms with van der Waals surface area (Å²) in [6.07, 6.45) is 0. The van der Waals surface area contributed by atoms with E-state index < -0.39 is 11.7 Å². The van der Waals surface area contributed by atoms with Crippen LogP contribution in [-0.2, 0) is 0 Å². The molecule has 0 saturated carbocycles. The Hall–Kier alpha value is -2.27. The van der Waals surface area contributed by atoms with Gasteiger partial charge in [-0.25, -0.2) is 4.39 Å². The van der Waals surface area contributed by atoms with Crippen molar-refractivity contribution >= 4 is 23.2 Å². The lowest BCUT2D eigenvalue weighted by Gasteiger charge is -2.20. The standard InChI is InChI=1S/C15H11ClFNO3/c16-10-7-9(8-13-14(10)21-6-5-20-13)15(19)18-12-4-2-1-3-11(12)17/h1-4,7-8H,5-6H2,(H,18,19). The van der Waals surface area contributed by atoms with Crippen LogP contribution in [0.3, 0.4) is 0 Å². The fraction of sp³-hybridized carbons (Fsp3) is 0.133. The molecule has 1 heterocycles. The highest BCUT2D eigenvalue weighted by molar-refractivity contribution is 6.32. The van der Waals surface area contributed by atoms with Crippen LogP contribution in [0.2, 0.25) is 5.02 Å². The minimum Gasteiger partial charge on any atom is -0.486 e. The molecule has 0 aliphatic carbocycles. The lowest BCUT2D eigenvalue weighted by Crippen LogP contribution is -2.18. The molecule has 0 spiro atoms. The number of amides is 1. The van der Waals surface area contributed by atoms with E-state index in [4.69, 9.17) is 21.1 Å². The Bertz CT molecular complexity index is 705. The van der Waals surface area contributed by atoms with Crippen molar-refractivity contribution in [2.45, 2.75) is 0 Å². The molecule has 0 radical (unpaired) electrons. The van der Waals surface area contributed by atoms with E-state index in [2.05, 4.69) is 5.32 Å². The van der Waals surface area contributed by atoms with Crippen LogP contribution in [0, 0.1) is 5.82 Å². The summed E-state index contributed by atoms with van der Waals surface area (Å²) in [6.45, 7) is 0.801. The van der Waals surface area contributed by atoms with Crippen LogP contribution >= 0.6 is 11.6 Å².